The number of fused-ring (bicyclic) bond motifs is 3. The predicted molar refractivity (Wildman–Crippen MR) is 118 cm³/mol. The normalized spacial score (nSPS) is 13.2. The van der Waals surface area contributed by atoms with Crippen molar-refractivity contribution in [2.75, 3.05) is 13.2 Å². The average molecular weight is 441 g/mol. The Balaban J connectivity index is 1.32. The fourth-order valence-corrected chi connectivity index (χ4v) is 5.22. The first-order chi connectivity index (χ1) is 14.4. The minimum atomic E-state index is -3.69. The third kappa shape index (κ3) is 4.30. The number of hydrogen-bond donors (Lipinski definition) is 2. The number of carbonyl (C=O) groups excluding carboxylic acids is 1. The van der Waals surface area contributed by atoms with Gasteiger partial charge < -0.3 is 10.1 Å². The van der Waals surface area contributed by atoms with Gasteiger partial charge in [0, 0.05) is 17.3 Å². The number of carbonyl (C=O) groups is 1. The lowest BCUT2D eigenvalue weighted by Crippen LogP contribution is -2.26. The third-order valence-corrected chi connectivity index (χ3v) is 7.36. The molecule has 0 bridgehead atoms. The molecule has 2 aromatic carbocycles. The third-order valence-electron chi connectivity index (χ3n) is 4.87. The summed E-state index contributed by atoms with van der Waals surface area (Å²) < 4.78 is 28.1. The van der Waals surface area contributed by atoms with Crippen LogP contribution in [0.2, 0.25) is 0 Å². The molecular weight excluding hydrogens is 420 g/mol. The standard InChI is InChI=1S/C22H20N2O4S2/c23-30(26,27)21-12-11-15(29-21)6-5-13-24-22(25)28-14-20-18-9-3-1-7-16(18)17-8-2-4-10-19(17)20/h1-12,20H,13-14H2,(H,24,25)(H2,23,26,27). The second-order valence-electron chi connectivity index (χ2n) is 6.81. The molecular formula is C22H20N2O4S2. The lowest BCUT2D eigenvalue weighted by Gasteiger charge is -2.14. The van der Waals surface area contributed by atoms with E-state index in [0.29, 0.717) is 0 Å². The first kappa shape index (κ1) is 20.3. The summed E-state index contributed by atoms with van der Waals surface area (Å²) in [6, 6.07) is 19.4. The van der Waals surface area contributed by atoms with Gasteiger partial charge in [0.25, 0.3) is 0 Å². The van der Waals surface area contributed by atoms with E-state index in [9.17, 15) is 13.2 Å². The maximum absolute atomic E-state index is 12.1. The second kappa shape index (κ2) is 8.43. The van der Waals surface area contributed by atoms with Gasteiger partial charge in [-0.3, -0.25) is 0 Å². The number of primary sulfonamides is 1. The van der Waals surface area contributed by atoms with Crippen LogP contribution in [0.5, 0.6) is 0 Å². The van der Waals surface area contributed by atoms with Crippen LogP contribution in [0.1, 0.15) is 21.9 Å². The number of rotatable bonds is 6. The largest absolute Gasteiger partial charge is 0.449 e. The van der Waals surface area contributed by atoms with Gasteiger partial charge >= 0.3 is 6.09 Å². The van der Waals surface area contributed by atoms with Crippen LogP contribution < -0.4 is 10.5 Å². The highest BCUT2D eigenvalue weighted by molar-refractivity contribution is 7.91. The van der Waals surface area contributed by atoms with Crippen molar-refractivity contribution in [3.05, 3.63) is 82.7 Å². The van der Waals surface area contributed by atoms with Gasteiger partial charge in [0.1, 0.15) is 10.8 Å². The van der Waals surface area contributed by atoms with Crippen molar-refractivity contribution < 1.29 is 17.9 Å². The number of benzene rings is 2. The van der Waals surface area contributed by atoms with Gasteiger partial charge in [-0.1, -0.05) is 54.6 Å². The first-order valence-corrected chi connectivity index (χ1v) is 11.7. The average Bonchev–Trinajstić information content (AvgIpc) is 3.33. The summed E-state index contributed by atoms with van der Waals surface area (Å²) >= 11 is 1.07. The molecule has 1 aliphatic rings. The van der Waals surface area contributed by atoms with E-state index in [4.69, 9.17) is 9.88 Å². The molecule has 30 heavy (non-hydrogen) atoms. The molecule has 0 saturated heterocycles. The summed E-state index contributed by atoms with van der Waals surface area (Å²) in [5, 5.41) is 7.77. The van der Waals surface area contributed by atoms with Crippen molar-refractivity contribution in [2.45, 2.75) is 10.1 Å². The Kier molecular flexibility index (Phi) is 5.72. The molecule has 0 fully saturated rings. The van der Waals surface area contributed by atoms with Gasteiger partial charge in [-0.25, -0.2) is 18.4 Å². The van der Waals surface area contributed by atoms with Crippen LogP contribution in [-0.2, 0) is 14.8 Å². The van der Waals surface area contributed by atoms with Gasteiger partial charge in [-0.15, -0.1) is 11.3 Å². The van der Waals surface area contributed by atoms with Gasteiger partial charge in [-0.2, -0.15) is 0 Å². The Morgan fingerprint density at radius 2 is 1.67 bits per heavy atom. The first-order valence-electron chi connectivity index (χ1n) is 9.31. The maximum atomic E-state index is 12.1. The van der Waals surface area contributed by atoms with E-state index in [0.717, 1.165) is 27.3 Å². The Hall–Kier alpha value is -2.94. The summed E-state index contributed by atoms with van der Waals surface area (Å²) in [4.78, 5) is 12.8. The molecule has 3 aromatic rings. The molecule has 0 radical (unpaired) electrons. The van der Waals surface area contributed by atoms with Crippen molar-refractivity contribution in [3.8, 4) is 11.1 Å². The van der Waals surface area contributed by atoms with E-state index in [2.05, 4.69) is 29.6 Å². The molecule has 6 nitrogen and oxygen atoms in total. The molecule has 8 heteroatoms. The molecule has 1 amide bonds. The highest BCUT2D eigenvalue weighted by atomic mass is 32.2. The highest BCUT2D eigenvalue weighted by Crippen LogP contribution is 2.44. The van der Waals surface area contributed by atoms with Gasteiger partial charge in [0.15, 0.2) is 0 Å². The SMILES string of the molecule is NS(=O)(=O)c1ccc(C=CCNC(=O)OCC2c3ccccc3-c3ccccc32)s1. The molecule has 4 rings (SSSR count). The Labute approximate surface area is 179 Å². The molecule has 3 N–H and O–H groups in total. The van der Waals surface area contributed by atoms with Gasteiger partial charge in [-0.05, 0) is 40.5 Å². The molecule has 1 aliphatic carbocycles. The van der Waals surface area contributed by atoms with Crippen LogP contribution in [-0.4, -0.2) is 27.7 Å². The van der Waals surface area contributed by atoms with Gasteiger partial charge in [0.05, 0.1) is 0 Å². The van der Waals surface area contributed by atoms with E-state index >= 15 is 0 Å². The lowest BCUT2D eigenvalue weighted by atomic mass is 9.98. The number of ether oxygens (including phenoxy) is 1. The molecule has 1 aromatic heterocycles. The number of thiophene rings is 1. The number of alkyl carbamates (subject to hydrolysis) is 1. The fourth-order valence-electron chi connectivity index (χ4n) is 3.54. The molecule has 0 spiro atoms. The summed E-state index contributed by atoms with van der Waals surface area (Å²) in [5.74, 6) is 0.0152. The van der Waals surface area contributed by atoms with Crippen molar-refractivity contribution in [1.29, 1.82) is 0 Å². The topological polar surface area (TPSA) is 98.5 Å². The minimum Gasteiger partial charge on any atom is -0.449 e. The van der Waals surface area contributed by atoms with E-state index in [-0.39, 0.29) is 23.3 Å². The van der Waals surface area contributed by atoms with Crippen LogP contribution in [0.4, 0.5) is 4.79 Å². The van der Waals surface area contributed by atoms with Crippen LogP contribution in [0.25, 0.3) is 17.2 Å². The molecule has 0 saturated carbocycles. The number of sulfonamides is 1. The van der Waals surface area contributed by atoms with Crippen LogP contribution in [0.15, 0.2) is 70.9 Å². The van der Waals surface area contributed by atoms with Crippen molar-refractivity contribution in [1.82, 2.24) is 5.32 Å². The number of hydrogen-bond acceptors (Lipinski definition) is 5. The van der Waals surface area contributed by atoms with Crippen molar-refractivity contribution in [2.24, 2.45) is 5.14 Å². The number of nitrogens with one attached hydrogen (secondary N) is 1. The molecule has 1 heterocycles. The maximum Gasteiger partial charge on any atom is 0.407 e. The summed E-state index contributed by atoms with van der Waals surface area (Å²) in [5.41, 5.74) is 4.68. The smallest absolute Gasteiger partial charge is 0.407 e. The van der Waals surface area contributed by atoms with Crippen LogP contribution in [0, 0.1) is 0 Å². The second-order valence-corrected chi connectivity index (χ2v) is 9.71. The van der Waals surface area contributed by atoms with Crippen LogP contribution in [0.3, 0.4) is 0 Å². The summed E-state index contributed by atoms with van der Waals surface area (Å²) in [6.07, 6.45) is 2.95. The molecule has 0 atom stereocenters. The molecule has 0 unspecified atom stereocenters. The fraction of sp³-hybridized carbons (Fsp3) is 0.136. The van der Waals surface area contributed by atoms with E-state index in [1.165, 1.54) is 17.2 Å². The monoisotopic (exact) mass is 440 g/mol. The number of nitrogens with two attached hydrogens (primary N) is 1. The quantitative estimate of drug-likeness (QED) is 0.606. The zero-order valence-electron chi connectivity index (χ0n) is 15.9. The minimum absolute atomic E-state index is 0.0152. The highest BCUT2D eigenvalue weighted by Gasteiger charge is 2.28. The summed E-state index contributed by atoms with van der Waals surface area (Å²) in [6.45, 7) is 0.519. The Bertz CT molecular complexity index is 1170. The van der Waals surface area contributed by atoms with E-state index in [1.807, 2.05) is 24.3 Å². The van der Waals surface area contributed by atoms with Crippen molar-refractivity contribution in [3.63, 3.8) is 0 Å². The molecule has 0 aliphatic heterocycles. The Morgan fingerprint density at radius 1 is 1.03 bits per heavy atom. The summed E-state index contributed by atoms with van der Waals surface area (Å²) in [7, 11) is -3.69. The zero-order chi connectivity index (χ0) is 21.1. The van der Waals surface area contributed by atoms with Gasteiger partial charge in [0.2, 0.25) is 10.0 Å². The van der Waals surface area contributed by atoms with Crippen molar-refractivity contribution >= 4 is 33.5 Å². The van der Waals surface area contributed by atoms with E-state index in [1.54, 1.807) is 18.2 Å². The Morgan fingerprint density at radius 3 is 2.27 bits per heavy atom. The predicted octanol–water partition coefficient (Wildman–Crippen LogP) is 3.95. The molecule has 154 valence electrons. The zero-order valence-corrected chi connectivity index (χ0v) is 17.6. The van der Waals surface area contributed by atoms with E-state index < -0.39 is 16.1 Å². The van der Waals surface area contributed by atoms with Crippen LogP contribution >= 0.6 is 11.3 Å². The lowest BCUT2D eigenvalue weighted by molar-refractivity contribution is 0.144. The number of amides is 1.